The van der Waals surface area contributed by atoms with E-state index in [0.29, 0.717) is 39.0 Å². The lowest BCUT2D eigenvalue weighted by Gasteiger charge is -2.23. The third-order valence-corrected chi connectivity index (χ3v) is 10.0. The van der Waals surface area contributed by atoms with E-state index in [2.05, 4.69) is 4.98 Å². The summed E-state index contributed by atoms with van der Waals surface area (Å²) in [6.45, 7) is -16.3. The third-order valence-electron chi connectivity index (χ3n) is 10.0. The van der Waals surface area contributed by atoms with Gasteiger partial charge in [0.05, 0.1) is 33.5 Å². The van der Waals surface area contributed by atoms with Crippen LogP contribution in [0.2, 0.25) is 0 Å². The van der Waals surface area contributed by atoms with Crippen LogP contribution in [0.3, 0.4) is 0 Å². The number of aromatic hydroxyl groups is 1. The number of hydrogen-bond acceptors (Lipinski definition) is 3. The summed E-state index contributed by atoms with van der Waals surface area (Å²) in [6.07, 6.45) is 1.35. The topological polar surface area (TPSA) is 50.9 Å². The Labute approximate surface area is 374 Å². The summed E-state index contributed by atoms with van der Waals surface area (Å²) >= 11 is 0. The summed E-state index contributed by atoms with van der Waals surface area (Å²) in [5.41, 5.74) is -5.10. The van der Waals surface area contributed by atoms with Gasteiger partial charge in [0.2, 0.25) is 0 Å². The van der Waals surface area contributed by atoms with Crippen molar-refractivity contribution in [1.29, 1.82) is 0 Å². The third kappa shape index (κ3) is 7.47. The Morgan fingerprint density at radius 2 is 1.22 bits per heavy atom. The zero-order valence-electron chi connectivity index (χ0n) is 53.9. The smallest absolute Gasteiger partial charge is 0.149 e. The molecule has 0 amide bonds. The Morgan fingerprint density at radius 1 is 0.534 bits per heavy atom. The molecule has 290 valence electrons. The summed E-state index contributed by atoms with van der Waals surface area (Å²) in [5, 5.41) is 11.5. The van der Waals surface area contributed by atoms with Gasteiger partial charge < -0.3 is 5.11 Å². The maximum atomic E-state index is 11.5. The van der Waals surface area contributed by atoms with E-state index in [1.54, 1.807) is 71.3 Å². The highest BCUT2D eigenvalue weighted by Gasteiger charge is 2.25. The molecule has 0 fully saturated rings. The molecule has 0 aliphatic carbocycles. The Balaban J connectivity index is 1.39. The van der Waals surface area contributed by atoms with Gasteiger partial charge in [-0.05, 0) is 110 Å². The predicted molar refractivity (Wildman–Crippen MR) is 244 cm³/mol. The van der Waals surface area contributed by atoms with Crippen molar-refractivity contribution in [2.45, 2.75) is 78.1 Å². The van der Waals surface area contributed by atoms with Gasteiger partial charge in [-0.15, -0.1) is 0 Å². The molecule has 8 aromatic rings. The van der Waals surface area contributed by atoms with Crippen molar-refractivity contribution in [2.24, 2.45) is 0 Å². The summed E-state index contributed by atoms with van der Waals surface area (Å²) < 4.78 is 188. The summed E-state index contributed by atoms with van der Waals surface area (Å²) in [5.74, 6) is 0.0192. The molecule has 4 nitrogen and oxygen atoms in total. The second kappa shape index (κ2) is 14.6. The fraction of sp³-hybridized carbons (Fsp3) is 0.222. The summed E-state index contributed by atoms with van der Waals surface area (Å²) in [4.78, 5) is 9.84. The lowest BCUT2D eigenvalue weighted by molar-refractivity contribution is 0.477. The van der Waals surface area contributed by atoms with E-state index in [0.717, 1.165) is 5.56 Å². The van der Waals surface area contributed by atoms with Crippen molar-refractivity contribution in [1.82, 2.24) is 14.5 Å². The number of phenolic OH excluding ortho intramolecular Hbond substituents is 1. The molecule has 2 heterocycles. The average molecular weight is 782 g/mol. The van der Waals surface area contributed by atoms with E-state index in [1.807, 2.05) is 39.0 Å². The number of para-hydroxylation sites is 2. The molecule has 0 radical (unpaired) electrons. The van der Waals surface area contributed by atoms with Crippen LogP contribution in [-0.4, -0.2) is 19.6 Å². The molecule has 0 aliphatic rings. The Morgan fingerprint density at radius 3 is 1.95 bits per heavy atom. The van der Waals surface area contributed by atoms with Crippen LogP contribution in [0.25, 0.3) is 72.7 Å². The molecule has 0 unspecified atom stereocenters. The van der Waals surface area contributed by atoms with Gasteiger partial charge in [0, 0.05) is 47.6 Å². The predicted octanol–water partition coefficient (Wildman–Crippen LogP) is 14.4. The van der Waals surface area contributed by atoms with E-state index in [9.17, 15) is 5.11 Å². The number of hydrogen-bond donors (Lipinski definition) is 1. The minimum atomic E-state index is -3.86. The first kappa shape index (κ1) is 20.4. The molecule has 0 spiro atoms. The zero-order valence-corrected chi connectivity index (χ0v) is 31.9. The first-order valence-corrected chi connectivity index (χ1v) is 18.5. The number of pyridine rings is 1. The average Bonchev–Trinajstić information content (AvgIpc) is 3.72. The Bertz CT molecular complexity index is 3590. The van der Waals surface area contributed by atoms with Crippen LogP contribution in [0.1, 0.15) is 109 Å². The van der Waals surface area contributed by atoms with E-state index >= 15 is 0 Å². The monoisotopic (exact) mass is 782 g/mol. The van der Waals surface area contributed by atoms with Crippen molar-refractivity contribution < 1.29 is 35.3 Å². The molecule has 6 aromatic carbocycles. The van der Waals surface area contributed by atoms with Crippen LogP contribution in [-0.2, 0) is 16.2 Å². The molecule has 2 aromatic heterocycles. The summed E-state index contributed by atoms with van der Waals surface area (Å²) in [6, 6.07) is 28.6. The minimum Gasteiger partial charge on any atom is -0.507 e. The molecule has 8 rings (SSSR count). The van der Waals surface area contributed by atoms with Crippen molar-refractivity contribution in [3.63, 3.8) is 0 Å². The van der Waals surface area contributed by atoms with Gasteiger partial charge in [-0.1, -0.05) is 153 Å². The largest absolute Gasteiger partial charge is 0.507 e. The van der Waals surface area contributed by atoms with E-state index in [-0.39, 0.29) is 39.5 Å². The standard InChI is InChI=1S/C54H53N3O/c1-52(2,3)40-24-22-35(23-25-40)37-28-29-55-46(33-37)39-30-38(31-42(32-39)54(7,8)9)43-19-15-20-48-50(43)56-51(44-18-13-14-21-49(44)58)57(48)47-27-26-41(53(4,5)6)34-45(47)36-16-11-10-12-17-36/h10-34,58H,1-9H3/i1D3,2D3,3D3,4D3,5D3,6D3,22D,23D,24D,25D. The van der Waals surface area contributed by atoms with Gasteiger partial charge in [0.1, 0.15) is 11.6 Å². The van der Waals surface area contributed by atoms with Crippen LogP contribution >= 0.6 is 0 Å². The highest BCUT2D eigenvalue weighted by Crippen LogP contribution is 2.42. The van der Waals surface area contributed by atoms with Gasteiger partial charge in [-0.25, -0.2) is 4.98 Å². The number of aromatic nitrogens is 3. The van der Waals surface area contributed by atoms with Gasteiger partial charge >= 0.3 is 0 Å². The molecule has 4 heteroatoms. The van der Waals surface area contributed by atoms with Crippen molar-refractivity contribution >= 4 is 11.0 Å². The first-order chi connectivity index (χ1) is 36.7. The number of fused-ring (bicyclic) bond motifs is 1. The number of nitrogens with zero attached hydrogens (tertiary/aromatic N) is 3. The SMILES string of the molecule is [2H]c1c([2H])c(C(C([2H])([2H])[2H])(C([2H])([2H])[2H])C([2H])([2H])[2H])c([2H])c([2H])c1-c1ccnc(-c2cc(-c3cccc4c3nc(-c3ccccc3O)n4-c3ccc(C(C([2H])([2H])[2H])(C([2H])([2H])[2H])C([2H])([2H])[2H])cc3-c3ccccc3)cc(C(C)(C)C)c2)c1. The molecule has 58 heavy (non-hydrogen) atoms. The van der Waals surface area contributed by atoms with Gasteiger partial charge in [0.15, 0.2) is 0 Å². The number of phenols is 1. The Hall–Kier alpha value is -6.26. The number of imidazole rings is 1. The molecule has 0 saturated heterocycles. The normalized spacial score (nSPS) is 19.2. The molecule has 0 saturated carbocycles. The van der Waals surface area contributed by atoms with Crippen LogP contribution in [0.4, 0.5) is 0 Å². The van der Waals surface area contributed by atoms with Crippen LogP contribution in [0, 0.1) is 0 Å². The van der Waals surface area contributed by atoms with Gasteiger partial charge in [0.25, 0.3) is 0 Å². The summed E-state index contributed by atoms with van der Waals surface area (Å²) in [7, 11) is 0. The fourth-order valence-corrected chi connectivity index (χ4v) is 6.98. The molecular formula is C54H53N3O. The zero-order chi connectivity index (χ0) is 59.5. The van der Waals surface area contributed by atoms with E-state index in [1.165, 1.54) is 42.6 Å². The van der Waals surface area contributed by atoms with Gasteiger partial charge in [-0.2, -0.15) is 0 Å². The number of benzene rings is 6. The number of rotatable bonds is 6. The maximum Gasteiger partial charge on any atom is 0.149 e. The molecule has 0 bridgehead atoms. The van der Waals surface area contributed by atoms with E-state index < -0.39 is 92.7 Å². The van der Waals surface area contributed by atoms with Gasteiger partial charge in [-0.3, -0.25) is 9.55 Å². The van der Waals surface area contributed by atoms with Crippen molar-refractivity contribution in [2.75, 3.05) is 0 Å². The first-order valence-electron chi connectivity index (χ1n) is 29.5. The highest BCUT2D eigenvalue weighted by atomic mass is 16.3. The minimum absolute atomic E-state index is 0.0470. The molecular weight excluding hydrogens is 707 g/mol. The molecule has 0 aliphatic heterocycles. The van der Waals surface area contributed by atoms with Crippen molar-refractivity contribution in [3.05, 3.63) is 168 Å². The van der Waals surface area contributed by atoms with E-state index in [4.69, 9.17) is 35.1 Å². The van der Waals surface area contributed by atoms with Crippen LogP contribution < -0.4 is 0 Å². The van der Waals surface area contributed by atoms with Crippen LogP contribution in [0.15, 0.2) is 152 Å². The highest BCUT2D eigenvalue weighted by molar-refractivity contribution is 5.97. The molecule has 1 N–H and O–H groups in total. The van der Waals surface area contributed by atoms with Crippen molar-refractivity contribution in [3.8, 4) is 67.5 Å². The lowest BCUT2D eigenvalue weighted by Crippen LogP contribution is -2.12. The fourth-order valence-electron chi connectivity index (χ4n) is 6.98. The second-order valence-electron chi connectivity index (χ2n) is 15.3. The Kier molecular flexibility index (Phi) is 5.14. The lowest BCUT2D eigenvalue weighted by atomic mass is 9.83. The van der Waals surface area contributed by atoms with Crippen LogP contribution in [0.5, 0.6) is 5.75 Å². The second-order valence-corrected chi connectivity index (χ2v) is 15.3. The maximum absolute atomic E-state index is 11.5. The molecule has 0 atom stereocenters. The quantitative estimate of drug-likeness (QED) is 0.183.